The van der Waals surface area contributed by atoms with Gasteiger partial charge in [-0.1, -0.05) is 6.07 Å². The number of nitrogens with zero attached hydrogens (tertiary/aromatic N) is 2. The molecule has 0 amide bonds. The van der Waals surface area contributed by atoms with Crippen LogP contribution in [0.3, 0.4) is 0 Å². The van der Waals surface area contributed by atoms with Gasteiger partial charge in [0.15, 0.2) is 0 Å². The predicted octanol–water partition coefficient (Wildman–Crippen LogP) is 3.99. The topological polar surface area (TPSA) is 25.8 Å². The van der Waals surface area contributed by atoms with Crippen LogP contribution < -0.4 is 0 Å². The molecule has 0 aliphatic carbocycles. The normalized spacial score (nSPS) is 10.7. The van der Waals surface area contributed by atoms with Gasteiger partial charge in [0.25, 0.3) is 0 Å². The van der Waals surface area contributed by atoms with Gasteiger partial charge >= 0.3 is 0 Å². The lowest BCUT2D eigenvalue weighted by Crippen LogP contribution is -1.83. The Kier molecular flexibility index (Phi) is 4.43. The SMILES string of the molecule is ClCCCSc1nsnc1-c1cccs1. The maximum atomic E-state index is 5.64. The third-order valence-electron chi connectivity index (χ3n) is 1.73. The van der Waals surface area contributed by atoms with Crippen molar-refractivity contribution in [3.05, 3.63) is 17.5 Å². The molecule has 2 heterocycles. The van der Waals surface area contributed by atoms with E-state index in [1.54, 1.807) is 23.1 Å². The van der Waals surface area contributed by atoms with E-state index >= 15 is 0 Å². The summed E-state index contributed by atoms with van der Waals surface area (Å²) in [6.45, 7) is 0. The Morgan fingerprint density at radius 1 is 1.40 bits per heavy atom. The lowest BCUT2D eigenvalue weighted by Gasteiger charge is -1.97. The van der Waals surface area contributed by atoms with E-state index in [1.807, 2.05) is 6.07 Å². The number of halogens is 1. The molecule has 0 bridgehead atoms. The molecule has 2 aromatic rings. The molecule has 0 aliphatic rings. The summed E-state index contributed by atoms with van der Waals surface area (Å²) in [5.41, 5.74) is 1.02. The Morgan fingerprint density at radius 3 is 3.07 bits per heavy atom. The van der Waals surface area contributed by atoms with Crippen LogP contribution in [-0.4, -0.2) is 20.4 Å². The minimum atomic E-state index is 0.707. The molecule has 2 aromatic heterocycles. The van der Waals surface area contributed by atoms with Crippen LogP contribution in [0.5, 0.6) is 0 Å². The molecule has 0 fully saturated rings. The highest BCUT2D eigenvalue weighted by Crippen LogP contribution is 2.32. The first kappa shape index (κ1) is 11.4. The maximum absolute atomic E-state index is 5.64. The zero-order chi connectivity index (χ0) is 10.5. The molecular formula is C9H9ClN2S3. The van der Waals surface area contributed by atoms with Gasteiger partial charge in [-0.05, 0) is 17.9 Å². The van der Waals surface area contributed by atoms with Crippen LogP contribution in [0.25, 0.3) is 10.6 Å². The average Bonchev–Trinajstić information content (AvgIpc) is 2.87. The summed E-state index contributed by atoms with van der Waals surface area (Å²) in [5.74, 6) is 1.71. The number of thiophene rings is 1. The molecule has 6 heteroatoms. The van der Waals surface area contributed by atoms with Crippen molar-refractivity contribution < 1.29 is 0 Å². The average molecular weight is 277 g/mol. The summed E-state index contributed by atoms with van der Waals surface area (Å²) in [6, 6.07) is 4.11. The van der Waals surface area contributed by atoms with Crippen molar-refractivity contribution in [3.8, 4) is 10.6 Å². The highest BCUT2D eigenvalue weighted by Gasteiger charge is 2.11. The fourth-order valence-electron chi connectivity index (χ4n) is 1.06. The number of thioether (sulfide) groups is 1. The minimum Gasteiger partial charge on any atom is -0.171 e. The highest BCUT2D eigenvalue weighted by atomic mass is 35.5. The van der Waals surface area contributed by atoms with Gasteiger partial charge in [0, 0.05) is 11.6 Å². The van der Waals surface area contributed by atoms with Crippen LogP contribution >= 0.6 is 46.4 Å². The summed E-state index contributed by atoms with van der Waals surface area (Å²) in [7, 11) is 0. The summed E-state index contributed by atoms with van der Waals surface area (Å²) in [4.78, 5) is 1.19. The van der Waals surface area contributed by atoms with Crippen LogP contribution in [0.15, 0.2) is 22.5 Å². The molecule has 0 N–H and O–H groups in total. The van der Waals surface area contributed by atoms with Crippen LogP contribution in [0, 0.1) is 0 Å². The number of aromatic nitrogens is 2. The van der Waals surface area contributed by atoms with E-state index < -0.39 is 0 Å². The van der Waals surface area contributed by atoms with Crippen molar-refractivity contribution in [2.24, 2.45) is 0 Å². The predicted molar refractivity (Wildman–Crippen MR) is 69.3 cm³/mol. The highest BCUT2D eigenvalue weighted by molar-refractivity contribution is 7.99. The number of hydrogen-bond donors (Lipinski definition) is 0. The molecule has 15 heavy (non-hydrogen) atoms. The molecule has 0 atom stereocenters. The first-order valence-corrected chi connectivity index (χ1v) is 7.60. The largest absolute Gasteiger partial charge is 0.171 e. The van der Waals surface area contributed by atoms with Gasteiger partial charge in [0.05, 0.1) is 16.6 Å². The maximum Gasteiger partial charge on any atom is 0.139 e. The second-order valence-corrected chi connectivity index (χ2v) is 5.72. The van der Waals surface area contributed by atoms with Gasteiger partial charge < -0.3 is 0 Å². The number of hydrogen-bond acceptors (Lipinski definition) is 5. The molecule has 2 nitrogen and oxygen atoms in total. The van der Waals surface area contributed by atoms with Crippen molar-refractivity contribution in [2.45, 2.75) is 11.4 Å². The summed E-state index contributed by atoms with van der Waals surface area (Å²) in [6.07, 6.45) is 1.01. The van der Waals surface area contributed by atoms with E-state index in [1.165, 1.54) is 16.6 Å². The van der Waals surface area contributed by atoms with Crippen LogP contribution in [-0.2, 0) is 0 Å². The quantitative estimate of drug-likeness (QED) is 0.469. The van der Waals surface area contributed by atoms with E-state index in [9.17, 15) is 0 Å². The Bertz CT molecular complexity index is 399. The Hall–Kier alpha value is -0.100. The van der Waals surface area contributed by atoms with E-state index in [2.05, 4.69) is 20.2 Å². The first-order valence-electron chi connectivity index (χ1n) is 4.47. The molecular weight excluding hydrogens is 268 g/mol. The summed E-state index contributed by atoms with van der Waals surface area (Å²) >= 11 is 10.3. The van der Waals surface area contributed by atoms with Crippen LogP contribution in [0.4, 0.5) is 0 Å². The smallest absolute Gasteiger partial charge is 0.139 e. The third kappa shape index (κ3) is 2.93. The Morgan fingerprint density at radius 2 is 2.33 bits per heavy atom. The van der Waals surface area contributed by atoms with E-state index in [0.29, 0.717) is 5.88 Å². The van der Waals surface area contributed by atoms with Gasteiger partial charge in [0.1, 0.15) is 10.7 Å². The van der Waals surface area contributed by atoms with Crippen molar-refractivity contribution in [1.82, 2.24) is 8.75 Å². The van der Waals surface area contributed by atoms with Crippen molar-refractivity contribution >= 4 is 46.4 Å². The zero-order valence-electron chi connectivity index (χ0n) is 7.85. The molecule has 0 aliphatic heterocycles. The van der Waals surface area contributed by atoms with E-state index in [0.717, 1.165) is 22.9 Å². The zero-order valence-corrected chi connectivity index (χ0v) is 11.1. The van der Waals surface area contributed by atoms with E-state index in [4.69, 9.17) is 11.6 Å². The van der Waals surface area contributed by atoms with Crippen molar-refractivity contribution in [3.63, 3.8) is 0 Å². The first-order chi connectivity index (χ1) is 7.42. The van der Waals surface area contributed by atoms with Crippen LogP contribution in [0.1, 0.15) is 6.42 Å². The molecule has 0 unspecified atom stereocenters. The van der Waals surface area contributed by atoms with Gasteiger partial charge in [-0.25, -0.2) is 0 Å². The monoisotopic (exact) mass is 276 g/mol. The second-order valence-electron chi connectivity index (χ2n) is 2.79. The van der Waals surface area contributed by atoms with Crippen LogP contribution in [0.2, 0.25) is 0 Å². The third-order valence-corrected chi connectivity index (χ3v) is 4.57. The lowest BCUT2D eigenvalue weighted by molar-refractivity contribution is 1.11. The molecule has 0 aromatic carbocycles. The molecule has 0 radical (unpaired) electrons. The fraction of sp³-hybridized carbons (Fsp3) is 0.333. The minimum absolute atomic E-state index is 0.707. The number of alkyl halides is 1. The fourth-order valence-corrected chi connectivity index (χ4v) is 3.80. The standard InChI is InChI=1S/C9H9ClN2S3/c10-4-2-6-14-9-8(11-15-12-9)7-3-1-5-13-7/h1,3,5H,2,4,6H2. The van der Waals surface area contributed by atoms with E-state index in [-0.39, 0.29) is 0 Å². The molecule has 0 spiro atoms. The molecule has 0 saturated carbocycles. The summed E-state index contributed by atoms with van der Waals surface area (Å²) < 4.78 is 8.63. The van der Waals surface area contributed by atoms with Gasteiger partial charge in [-0.3, -0.25) is 0 Å². The lowest BCUT2D eigenvalue weighted by atomic mass is 10.4. The second kappa shape index (κ2) is 5.84. The Balaban J connectivity index is 2.09. The summed E-state index contributed by atoms with van der Waals surface area (Å²) in [5, 5.41) is 3.09. The number of rotatable bonds is 5. The molecule has 0 saturated heterocycles. The van der Waals surface area contributed by atoms with Gasteiger partial charge in [-0.2, -0.15) is 8.75 Å². The Labute approximate surface area is 106 Å². The molecule has 2 rings (SSSR count). The van der Waals surface area contributed by atoms with Crippen molar-refractivity contribution in [2.75, 3.05) is 11.6 Å². The van der Waals surface area contributed by atoms with Gasteiger partial charge in [0.2, 0.25) is 0 Å². The van der Waals surface area contributed by atoms with Gasteiger partial charge in [-0.15, -0.1) is 34.7 Å². The molecule has 80 valence electrons. The van der Waals surface area contributed by atoms with Crippen molar-refractivity contribution in [1.29, 1.82) is 0 Å².